The summed E-state index contributed by atoms with van der Waals surface area (Å²) in [5, 5.41) is 5.49. The Morgan fingerprint density at radius 3 is 2.66 bits per heavy atom. The Labute approximate surface area is 173 Å². The first-order valence-electron chi connectivity index (χ1n) is 9.78. The molecule has 0 saturated carbocycles. The third-order valence-corrected chi connectivity index (χ3v) is 6.18. The second kappa shape index (κ2) is 7.74. The first kappa shape index (κ1) is 18.5. The lowest BCUT2D eigenvalue weighted by Gasteiger charge is -2.41. The zero-order valence-corrected chi connectivity index (χ0v) is 16.6. The number of oxazole rings is 1. The maximum Gasteiger partial charge on any atom is 0.278 e. The Hall–Kier alpha value is -2.48. The van der Waals surface area contributed by atoms with Crippen molar-refractivity contribution in [1.82, 2.24) is 14.9 Å². The summed E-state index contributed by atoms with van der Waals surface area (Å²) in [6.07, 6.45) is 6.42. The summed E-state index contributed by atoms with van der Waals surface area (Å²) < 4.78 is 10.2. The molecule has 0 radical (unpaired) electrons. The Kier molecular flexibility index (Phi) is 4.95. The molecule has 1 aromatic carbocycles. The summed E-state index contributed by atoms with van der Waals surface area (Å²) in [4.78, 5) is 22.9. The highest BCUT2D eigenvalue weighted by molar-refractivity contribution is 6.32. The van der Waals surface area contributed by atoms with Gasteiger partial charge in [-0.05, 0) is 61.0 Å². The lowest BCUT2D eigenvalue weighted by atomic mass is 9.87. The third kappa shape index (κ3) is 3.73. The Balaban J connectivity index is 1.35. The summed E-state index contributed by atoms with van der Waals surface area (Å²) in [6, 6.07) is 6.56. The molecule has 8 heteroatoms. The van der Waals surface area contributed by atoms with Crippen LogP contribution in [0.4, 0.5) is 5.82 Å². The molecule has 3 aromatic rings. The largest absolute Gasteiger partial charge is 0.451 e. The molecular weight excluding hydrogens is 392 g/mol. The van der Waals surface area contributed by atoms with Gasteiger partial charge in [0, 0.05) is 16.6 Å². The number of hydrogen-bond acceptors (Lipinski definition) is 6. The minimum absolute atomic E-state index is 0.215. The van der Waals surface area contributed by atoms with Crippen molar-refractivity contribution >= 4 is 34.1 Å². The number of pyridine rings is 1. The number of amides is 1. The highest BCUT2D eigenvalue weighted by atomic mass is 35.5. The van der Waals surface area contributed by atoms with Crippen LogP contribution in [0.25, 0.3) is 10.8 Å². The predicted octanol–water partition coefficient (Wildman–Crippen LogP) is 3.71. The lowest BCUT2D eigenvalue weighted by molar-refractivity contribution is -0.0712. The topological polar surface area (TPSA) is 80.5 Å². The van der Waals surface area contributed by atoms with Gasteiger partial charge in [-0.25, -0.2) is 9.97 Å². The first-order chi connectivity index (χ1) is 14.2. The van der Waals surface area contributed by atoms with Crippen molar-refractivity contribution in [1.29, 1.82) is 0 Å². The van der Waals surface area contributed by atoms with E-state index in [-0.39, 0.29) is 11.6 Å². The van der Waals surface area contributed by atoms with Gasteiger partial charge in [0.1, 0.15) is 12.1 Å². The Morgan fingerprint density at radius 2 is 1.97 bits per heavy atom. The summed E-state index contributed by atoms with van der Waals surface area (Å²) >= 11 is 6.62. The van der Waals surface area contributed by atoms with Crippen LogP contribution in [-0.4, -0.2) is 53.1 Å². The van der Waals surface area contributed by atoms with Crippen LogP contribution in [0.15, 0.2) is 41.5 Å². The number of carbonyl (C=O) groups excluding carboxylic acids is 1. The fourth-order valence-electron chi connectivity index (χ4n) is 4.08. The molecule has 5 rings (SSSR count). The molecule has 0 unspecified atom stereocenters. The van der Waals surface area contributed by atoms with E-state index in [1.165, 1.54) is 18.2 Å². The molecule has 1 amide bonds. The third-order valence-electron chi connectivity index (χ3n) is 5.85. The van der Waals surface area contributed by atoms with Crippen LogP contribution in [0.2, 0.25) is 5.02 Å². The number of likely N-dealkylation sites (tertiary alicyclic amines) is 1. The molecule has 0 atom stereocenters. The molecule has 0 bridgehead atoms. The molecule has 0 spiro atoms. The van der Waals surface area contributed by atoms with E-state index in [9.17, 15) is 4.79 Å². The van der Waals surface area contributed by atoms with Crippen molar-refractivity contribution in [3.8, 4) is 0 Å². The minimum atomic E-state index is -0.355. The first-order valence-corrected chi connectivity index (χ1v) is 10.2. The number of rotatable bonds is 4. The normalized spacial score (nSPS) is 18.7. The highest BCUT2D eigenvalue weighted by Gasteiger charge is 2.30. The molecule has 7 nitrogen and oxygen atoms in total. The lowest BCUT2D eigenvalue weighted by Crippen LogP contribution is -2.51. The number of nitrogens with one attached hydrogen (secondary N) is 1. The summed E-state index contributed by atoms with van der Waals surface area (Å²) in [5.74, 6) is 0.552. The highest BCUT2D eigenvalue weighted by Crippen LogP contribution is 2.36. The van der Waals surface area contributed by atoms with E-state index in [4.69, 9.17) is 20.8 Å². The Morgan fingerprint density at radius 1 is 1.14 bits per heavy atom. The number of piperidine rings is 1. The van der Waals surface area contributed by atoms with Crippen molar-refractivity contribution in [2.75, 3.05) is 31.6 Å². The number of nitrogens with zero attached hydrogens (tertiary/aromatic N) is 3. The molecule has 4 heterocycles. The van der Waals surface area contributed by atoms with Crippen LogP contribution in [0, 0.1) is 0 Å². The van der Waals surface area contributed by atoms with Gasteiger partial charge in [-0.15, -0.1) is 0 Å². The van der Waals surface area contributed by atoms with Gasteiger partial charge in [-0.2, -0.15) is 0 Å². The van der Waals surface area contributed by atoms with E-state index < -0.39 is 0 Å². The maximum absolute atomic E-state index is 12.2. The SMILES string of the molecule is O=C(Nc1cc2cc(C3CCN(C4COC4)CC3)c(Cl)cc2cn1)c1cocn1. The van der Waals surface area contributed by atoms with Gasteiger partial charge in [0.2, 0.25) is 0 Å². The van der Waals surface area contributed by atoms with Crippen LogP contribution >= 0.6 is 11.6 Å². The number of anilines is 1. The monoisotopic (exact) mass is 412 g/mol. The Bertz CT molecular complexity index is 1030. The van der Waals surface area contributed by atoms with E-state index in [0.717, 1.165) is 54.9 Å². The van der Waals surface area contributed by atoms with Gasteiger partial charge in [0.15, 0.2) is 12.1 Å². The van der Waals surface area contributed by atoms with E-state index in [0.29, 0.717) is 17.8 Å². The summed E-state index contributed by atoms with van der Waals surface area (Å²) in [7, 11) is 0. The van der Waals surface area contributed by atoms with Crippen molar-refractivity contribution in [3.05, 3.63) is 53.3 Å². The second-order valence-corrected chi connectivity index (χ2v) is 8.03. The number of hydrogen-bond donors (Lipinski definition) is 1. The van der Waals surface area contributed by atoms with Gasteiger partial charge < -0.3 is 14.5 Å². The van der Waals surface area contributed by atoms with Crippen LogP contribution in [-0.2, 0) is 4.74 Å². The van der Waals surface area contributed by atoms with Crippen molar-refractivity contribution < 1.29 is 13.9 Å². The van der Waals surface area contributed by atoms with Crippen molar-refractivity contribution in [2.24, 2.45) is 0 Å². The van der Waals surface area contributed by atoms with E-state index in [1.54, 1.807) is 6.20 Å². The van der Waals surface area contributed by atoms with Crippen LogP contribution < -0.4 is 5.32 Å². The standard InChI is InChI=1S/C21H21ClN4O3/c22-18-6-15-8-23-20(25-21(27)19-11-29-12-24-19)7-14(15)5-17(18)13-1-3-26(4-2-13)16-9-28-10-16/h5-8,11-13,16H,1-4,9-10H2,(H,23,25,27). The van der Waals surface area contributed by atoms with Gasteiger partial charge in [-0.1, -0.05) is 11.6 Å². The molecule has 2 aliphatic rings. The molecule has 2 fully saturated rings. The van der Waals surface area contributed by atoms with E-state index >= 15 is 0 Å². The smallest absolute Gasteiger partial charge is 0.278 e. The molecule has 2 aliphatic heterocycles. The van der Waals surface area contributed by atoms with E-state index in [1.807, 2.05) is 12.1 Å². The van der Waals surface area contributed by atoms with Crippen molar-refractivity contribution in [2.45, 2.75) is 24.8 Å². The molecule has 2 saturated heterocycles. The predicted molar refractivity (Wildman–Crippen MR) is 109 cm³/mol. The van der Waals surface area contributed by atoms with E-state index in [2.05, 4.69) is 26.3 Å². The molecule has 1 N–H and O–H groups in total. The summed E-state index contributed by atoms with van der Waals surface area (Å²) in [6.45, 7) is 3.86. The van der Waals surface area contributed by atoms with Gasteiger partial charge >= 0.3 is 0 Å². The molecular formula is C21H21ClN4O3. The average Bonchev–Trinajstić information content (AvgIpc) is 3.22. The number of halogens is 1. The fraction of sp³-hybridized carbons (Fsp3) is 0.381. The fourth-order valence-corrected chi connectivity index (χ4v) is 4.41. The second-order valence-electron chi connectivity index (χ2n) is 7.62. The zero-order chi connectivity index (χ0) is 19.8. The number of fused-ring (bicyclic) bond motifs is 1. The molecule has 2 aromatic heterocycles. The minimum Gasteiger partial charge on any atom is -0.451 e. The van der Waals surface area contributed by atoms with Gasteiger partial charge in [0.25, 0.3) is 5.91 Å². The maximum atomic E-state index is 12.2. The summed E-state index contributed by atoms with van der Waals surface area (Å²) in [5.41, 5.74) is 1.39. The number of ether oxygens (including phenoxy) is 1. The van der Waals surface area contributed by atoms with Crippen LogP contribution in [0.1, 0.15) is 34.8 Å². The van der Waals surface area contributed by atoms with Gasteiger partial charge in [0.05, 0.1) is 19.3 Å². The zero-order valence-electron chi connectivity index (χ0n) is 15.8. The van der Waals surface area contributed by atoms with Gasteiger partial charge in [-0.3, -0.25) is 9.69 Å². The van der Waals surface area contributed by atoms with Crippen molar-refractivity contribution in [3.63, 3.8) is 0 Å². The molecule has 0 aliphatic carbocycles. The number of benzene rings is 1. The average molecular weight is 413 g/mol. The quantitative estimate of drug-likeness (QED) is 0.703. The molecule has 29 heavy (non-hydrogen) atoms. The number of carbonyl (C=O) groups is 1. The number of aromatic nitrogens is 2. The molecule has 150 valence electrons. The van der Waals surface area contributed by atoms with Crippen LogP contribution in [0.5, 0.6) is 0 Å². The van der Waals surface area contributed by atoms with Crippen LogP contribution in [0.3, 0.4) is 0 Å².